The molecule has 5 nitrogen and oxygen atoms in total. The third kappa shape index (κ3) is 8.52. The summed E-state index contributed by atoms with van der Waals surface area (Å²) in [6.45, 7) is 13.0. The Bertz CT molecular complexity index is 3280. The first-order valence-corrected chi connectivity index (χ1v) is 29.3. The van der Waals surface area contributed by atoms with E-state index in [1.54, 1.807) is 0 Å². The fraction of sp³-hybridized carbons (Fsp3) is 0.211. The monoisotopic (exact) mass is 1080 g/mol. The first kappa shape index (κ1) is 43.6. The van der Waals surface area contributed by atoms with Gasteiger partial charge in [-0.3, -0.25) is 9.97 Å². The molecule has 0 amide bonds. The quantitative estimate of drug-likeness (QED) is 0.112. The van der Waals surface area contributed by atoms with Gasteiger partial charge in [0, 0.05) is 36.6 Å². The summed E-state index contributed by atoms with van der Waals surface area (Å²) in [5.41, 5.74) is 14.5. The first-order valence-electron chi connectivity index (χ1n) is 22.5. The molecule has 0 fully saturated rings. The topological polar surface area (TPSA) is 56.7 Å². The normalized spacial score (nSPS) is 12.2. The van der Waals surface area contributed by atoms with E-state index < -0.39 is 19.2 Å². The van der Waals surface area contributed by atoms with Crippen LogP contribution in [0.2, 0.25) is 17.3 Å². The Morgan fingerprint density at radius 2 is 1.30 bits per heavy atom. The maximum Gasteiger partial charge on any atom is 0 e. The maximum atomic E-state index is 8.44. The van der Waals surface area contributed by atoms with E-state index in [2.05, 4.69) is 152 Å². The van der Waals surface area contributed by atoms with E-state index in [1.807, 2.05) is 74.8 Å². The largest absolute Gasteiger partial charge is 0 e. The molecule has 0 atom stereocenters. The minimum atomic E-state index is -2.03. The number of nitrogens with zero attached hydrogens (tertiary/aromatic N) is 4. The second-order valence-corrected chi connectivity index (χ2v) is 28.9. The van der Waals surface area contributed by atoms with Crippen LogP contribution < -0.4 is 4.40 Å². The average molecular weight is 1080 g/mol. The van der Waals surface area contributed by atoms with Crippen molar-refractivity contribution in [2.45, 2.75) is 76.5 Å². The summed E-state index contributed by atoms with van der Waals surface area (Å²) in [6, 6.07) is 52.7. The molecule has 0 saturated carbocycles. The van der Waals surface area contributed by atoms with Crippen molar-refractivity contribution in [3.8, 4) is 39.5 Å². The van der Waals surface area contributed by atoms with Crippen molar-refractivity contribution >= 4 is 61.5 Å². The van der Waals surface area contributed by atoms with Gasteiger partial charge in [0.05, 0.1) is 34.2 Å². The van der Waals surface area contributed by atoms with Crippen molar-refractivity contribution in [1.29, 1.82) is 0 Å². The number of pyridine rings is 2. The zero-order chi connectivity index (χ0) is 44.9. The van der Waals surface area contributed by atoms with Crippen LogP contribution in [0.15, 0.2) is 150 Å². The molecule has 0 spiro atoms. The van der Waals surface area contributed by atoms with Crippen molar-refractivity contribution < 1.29 is 25.9 Å². The van der Waals surface area contributed by atoms with E-state index in [4.69, 9.17) is 15.8 Å². The molecular weight excluding hydrogens is 1020 g/mol. The van der Waals surface area contributed by atoms with Gasteiger partial charge in [-0.25, -0.2) is 0 Å². The number of hydrogen-bond acceptors (Lipinski definition) is 4. The van der Waals surface area contributed by atoms with Crippen LogP contribution in [-0.2, 0) is 20.1 Å². The van der Waals surface area contributed by atoms with E-state index >= 15 is 0 Å². The van der Waals surface area contributed by atoms with Gasteiger partial charge in [0.15, 0.2) is 0 Å². The molecular formula is C57H54GeIrN4O-2. The number of para-hydroxylation sites is 2. The third-order valence-electron chi connectivity index (χ3n) is 11.9. The second kappa shape index (κ2) is 18.4. The van der Waals surface area contributed by atoms with Crippen LogP contribution in [0.3, 0.4) is 0 Å². The fourth-order valence-electron chi connectivity index (χ4n) is 8.73. The average Bonchev–Trinajstić information content (AvgIpc) is 3.88. The van der Waals surface area contributed by atoms with E-state index in [-0.39, 0.29) is 31.9 Å². The van der Waals surface area contributed by atoms with Crippen LogP contribution in [0.4, 0.5) is 0 Å². The molecule has 0 N–H and O–H groups in total. The Morgan fingerprint density at radius 3 is 1.97 bits per heavy atom. The van der Waals surface area contributed by atoms with Gasteiger partial charge in [-0.15, -0.1) is 18.2 Å². The molecule has 10 rings (SSSR count). The molecule has 4 heterocycles. The van der Waals surface area contributed by atoms with Gasteiger partial charge in [0.2, 0.25) is 0 Å². The standard InChI is InChI=1S/C40H32N3O.C17H22GeN.Ir/c1-24(2)32-21-27(26-13-6-5-7-14-26)22-33(25(3)4)37(32)43-38-30-16-8-10-19-34(30)41-23-35(38)42-40(43)31-18-12-17-29-28-15-9-11-20-36(28)44-39(29)31;1-13(2)15-11-17(14-9-7-6-8-10-14)19-12-16(15)18(3,4)5;/h5-17,19-25H,1-4H3;6-9,11-13H,1-5H3;/q2*-1;/i;13D;. The molecule has 323 valence electrons. The van der Waals surface area contributed by atoms with E-state index in [1.165, 1.54) is 32.3 Å². The van der Waals surface area contributed by atoms with Crippen molar-refractivity contribution in [2.24, 2.45) is 0 Å². The molecule has 0 aliphatic heterocycles. The molecule has 4 aromatic heterocycles. The van der Waals surface area contributed by atoms with Crippen molar-refractivity contribution in [3.63, 3.8) is 0 Å². The summed E-state index contributed by atoms with van der Waals surface area (Å²) < 4.78 is 18.7. The molecule has 0 aliphatic carbocycles. The van der Waals surface area contributed by atoms with Crippen LogP contribution in [0.25, 0.3) is 83.3 Å². The summed E-state index contributed by atoms with van der Waals surface area (Å²) in [5.74, 6) is 7.77. The number of benzene rings is 6. The van der Waals surface area contributed by atoms with Gasteiger partial charge in [-0.05, 0) is 58.4 Å². The van der Waals surface area contributed by atoms with Gasteiger partial charge in [0.1, 0.15) is 5.58 Å². The number of furan rings is 1. The van der Waals surface area contributed by atoms with Crippen molar-refractivity contribution in [3.05, 3.63) is 175 Å². The summed E-state index contributed by atoms with van der Waals surface area (Å²) in [5, 5.41) is 3.21. The van der Waals surface area contributed by atoms with Crippen LogP contribution >= 0.6 is 0 Å². The molecule has 64 heavy (non-hydrogen) atoms. The number of fused-ring (bicyclic) bond motifs is 6. The third-order valence-corrected chi connectivity index (χ3v) is 16.2. The molecule has 0 bridgehead atoms. The SMILES string of the molecule is CC(C)c1cc(-c2ccccc2)cc(C(C)C)c1-n1c(-c2[c-]ccc3c2oc2ccccc23)nc2cnc3ccccc3c21.[2H]C(C)(C)c1cc(-c2[c-]cccc2)nc[c]1[Ge]([CH3])([CH3])[CH3].[Ir]. The van der Waals surface area contributed by atoms with Gasteiger partial charge >= 0.3 is 120 Å². The Hall–Kier alpha value is -5.66. The molecule has 0 aliphatic rings. The van der Waals surface area contributed by atoms with Crippen LogP contribution in [0, 0.1) is 12.1 Å². The molecule has 7 heteroatoms. The van der Waals surface area contributed by atoms with E-state index in [9.17, 15) is 0 Å². The van der Waals surface area contributed by atoms with Crippen LogP contribution in [0.1, 0.15) is 77.3 Å². The molecule has 1 radical (unpaired) electrons. The van der Waals surface area contributed by atoms with Gasteiger partial charge < -0.3 is 8.98 Å². The van der Waals surface area contributed by atoms with Crippen LogP contribution in [0.5, 0.6) is 0 Å². The summed E-state index contributed by atoms with van der Waals surface area (Å²) in [4.78, 5) is 14.7. The van der Waals surface area contributed by atoms with E-state index in [0.29, 0.717) is 0 Å². The smallest absolute Gasteiger partial charge is 0 e. The van der Waals surface area contributed by atoms with Gasteiger partial charge in [-0.1, -0.05) is 105 Å². The molecule has 6 aromatic carbocycles. The number of rotatable bonds is 8. The predicted molar refractivity (Wildman–Crippen MR) is 267 cm³/mol. The Morgan fingerprint density at radius 1 is 0.625 bits per heavy atom. The predicted octanol–water partition coefficient (Wildman–Crippen LogP) is 15.1. The second-order valence-electron chi connectivity index (χ2n) is 18.3. The maximum absolute atomic E-state index is 8.44. The minimum absolute atomic E-state index is 0. The van der Waals surface area contributed by atoms with Gasteiger partial charge in [0.25, 0.3) is 0 Å². The van der Waals surface area contributed by atoms with Crippen LogP contribution in [-0.4, -0.2) is 32.8 Å². The molecule has 0 unspecified atom stereocenters. The number of hydrogen-bond donors (Lipinski definition) is 0. The summed E-state index contributed by atoms with van der Waals surface area (Å²) in [6.07, 6.45) is 3.90. The van der Waals surface area contributed by atoms with Crippen molar-refractivity contribution in [1.82, 2.24) is 19.5 Å². The number of imidazole rings is 1. The zero-order valence-corrected chi connectivity index (χ0v) is 42.5. The van der Waals surface area contributed by atoms with Crippen molar-refractivity contribution in [2.75, 3.05) is 0 Å². The first-order chi connectivity index (χ1) is 30.7. The Labute approximate surface area is 395 Å². The molecule has 0 saturated heterocycles. The number of aromatic nitrogens is 4. The van der Waals surface area contributed by atoms with E-state index in [0.717, 1.165) is 72.1 Å². The minimum Gasteiger partial charge on any atom is 0 e. The molecule has 10 aromatic rings. The zero-order valence-electron chi connectivity index (χ0n) is 39.0. The van der Waals surface area contributed by atoms with Gasteiger partial charge in [-0.2, -0.15) is 0 Å². The Kier molecular flexibility index (Phi) is 12.6. The Balaban J connectivity index is 0.000000232. The fourth-order valence-corrected chi connectivity index (χ4v) is 12.0. The summed E-state index contributed by atoms with van der Waals surface area (Å²) >= 11 is -2.03. The summed E-state index contributed by atoms with van der Waals surface area (Å²) in [7, 11) is 0.